The van der Waals surface area contributed by atoms with Gasteiger partial charge >= 0.3 is 0 Å². The van der Waals surface area contributed by atoms with Crippen LogP contribution < -0.4 is 4.74 Å². The zero-order valence-electron chi connectivity index (χ0n) is 9.50. The van der Waals surface area contributed by atoms with E-state index < -0.39 is 0 Å². The highest BCUT2D eigenvalue weighted by Gasteiger charge is 2.36. The molecule has 2 rings (SSSR count). The average molecular weight is 241 g/mol. The number of ether oxygens (including phenoxy) is 1. The predicted molar refractivity (Wildman–Crippen MR) is 65.1 cm³/mol. The first-order valence-corrected chi connectivity index (χ1v) is 6.00. The first-order valence-electron chi connectivity index (χ1n) is 5.62. The quantitative estimate of drug-likeness (QED) is 0.877. The van der Waals surface area contributed by atoms with Crippen molar-refractivity contribution < 1.29 is 9.84 Å². The van der Waals surface area contributed by atoms with Crippen LogP contribution >= 0.6 is 11.6 Å². The van der Waals surface area contributed by atoms with E-state index in [1.165, 1.54) is 6.42 Å². The topological polar surface area (TPSA) is 29.5 Å². The van der Waals surface area contributed by atoms with E-state index in [9.17, 15) is 5.11 Å². The van der Waals surface area contributed by atoms with Gasteiger partial charge in [0.15, 0.2) is 0 Å². The lowest BCUT2D eigenvalue weighted by Gasteiger charge is -2.40. The van der Waals surface area contributed by atoms with Gasteiger partial charge < -0.3 is 9.84 Å². The molecule has 1 saturated carbocycles. The molecular formula is C13H17ClO2. The number of methoxy groups -OCH3 is 1. The molecule has 16 heavy (non-hydrogen) atoms. The largest absolute Gasteiger partial charge is 0.497 e. The molecule has 1 aliphatic carbocycles. The maximum absolute atomic E-state index is 9.42. The molecule has 1 fully saturated rings. The average Bonchev–Trinajstić information content (AvgIpc) is 2.25. The molecule has 1 N–H and O–H groups in total. The molecule has 0 aliphatic heterocycles. The van der Waals surface area contributed by atoms with Gasteiger partial charge in [-0.3, -0.25) is 0 Å². The van der Waals surface area contributed by atoms with Crippen molar-refractivity contribution in [2.75, 3.05) is 13.7 Å². The van der Waals surface area contributed by atoms with Crippen LogP contribution in [-0.2, 0) is 6.42 Å². The summed E-state index contributed by atoms with van der Waals surface area (Å²) in [6, 6.07) is 5.75. The molecule has 0 spiro atoms. The highest BCUT2D eigenvalue weighted by Crippen LogP contribution is 2.44. The summed E-state index contributed by atoms with van der Waals surface area (Å²) < 4.78 is 5.11. The smallest absolute Gasteiger partial charge is 0.120 e. The summed E-state index contributed by atoms with van der Waals surface area (Å²) in [4.78, 5) is 0. The van der Waals surface area contributed by atoms with Crippen molar-refractivity contribution in [1.82, 2.24) is 0 Å². The van der Waals surface area contributed by atoms with Crippen molar-refractivity contribution in [3.63, 3.8) is 0 Å². The first-order chi connectivity index (χ1) is 7.69. The molecule has 0 bridgehead atoms. The Morgan fingerprint density at radius 1 is 1.44 bits per heavy atom. The third-order valence-electron chi connectivity index (χ3n) is 3.58. The van der Waals surface area contributed by atoms with Crippen molar-refractivity contribution in [3.8, 4) is 5.75 Å². The Kier molecular flexibility index (Phi) is 3.41. The molecule has 0 radical (unpaired) electrons. The van der Waals surface area contributed by atoms with Crippen LogP contribution in [0.4, 0.5) is 0 Å². The standard InChI is InChI=1S/C13H17ClO2/c1-16-11-4-3-10(12(14)7-11)8-13(9-15)5-2-6-13/h3-4,7,15H,2,5-6,8-9H2,1H3. The summed E-state index contributed by atoms with van der Waals surface area (Å²) in [7, 11) is 1.63. The van der Waals surface area contributed by atoms with Crippen molar-refractivity contribution >= 4 is 11.6 Å². The highest BCUT2D eigenvalue weighted by atomic mass is 35.5. The molecule has 0 heterocycles. The van der Waals surface area contributed by atoms with Crippen molar-refractivity contribution in [1.29, 1.82) is 0 Å². The van der Waals surface area contributed by atoms with Crippen LogP contribution in [0.25, 0.3) is 0 Å². The molecule has 0 unspecified atom stereocenters. The third-order valence-corrected chi connectivity index (χ3v) is 3.93. The number of aliphatic hydroxyl groups is 1. The predicted octanol–water partition coefficient (Wildman–Crippen LogP) is 3.05. The van der Waals surface area contributed by atoms with Gasteiger partial charge in [0, 0.05) is 11.6 Å². The Morgan fingerprint density at radius 3 is 2.62 bits per heavy atom. The molecular weight excluding hydrogens is 224 g/mol. The zero-order valence-corrected chi connectivity index (χ0v) is 10.3. The number of aliphatic hydroxyl groups excluding tert-OH is 1. The summed E-state index contributed by atoms with van der Waals surface area (Å²) in [6.07, 6.45) is 4.29. The van der Waals surface area contributed by atoms with Crippen molar-refractivity contribution in [2.45, 2.75) is 25.7 Å². The number of rotatable bonds is 4. The molecule has 1 aliphatic rings. The van der Waals surface area contributed by atoms with E-state index in [0.717, 1.165) is 35.6 Å². The molecule has 2 nitrogen and oxygen atoms in total. The van der Waals surface area contributed by atoms with Crippen LogP contribution in [0.2, 0.25) is 5.02 Å². The summed E-state index contributed by atoms with van der Waals surface area (Å²) in [5, 5.41) is 10.2. The molecule has 0 aromatic heterocycles. The minimum atomic E-state index is 0.0816. The molecule has 88 valence electrons. The lowest BCUT2D eigenvalue weighted by Crippen LogP contribution is -2.35. The van der Waals surface area contributed by atoms with Crippen molar-refractivity contribution in [3.05, 3.63) is 28.8 Å². The molecule has 0 amide bonds. The van der Waals surface area contributed by atoms with Gasteiger partial charge in [0.05, 0.1) is 7.11 Å². The van der Waals surface area contributed by atoms with E-state index in [1.807, 2.05) is 18.2 Å². The summed E-state index contributed by atoms with van der Waals surface area (Å²) in [6.45, 7) is 0.259. The van der Waals surface area contributed by atoms with Gasteiger partial charge in [-0.1, -0.05) is 24.1 Å². The fourth-order valence-corrected chi connectivity index (χ4v) is 2.51. The normalized spacial score (nSPS) is 17.9. The lowest BCUT2D eigenvalue weighted by molar-refractivity contribution is 0.0450. The van der Waals surface area contributed by atoms with Crippen LogP contribution in [0.1, 0.15) is 24.8 Å². The SMILES string of the molecule is COc1ccc(CC2(CO)CCC2)c(Cl)c1. The monoisotopic (exact) mass is 240 g/mol. The van der Waals surface area contributed by atoms with Gasteiger partial charge in [-0.05, 0) is 42.4 Å². The highest BCUT2D eigenvalue weighted by molar-refractivity contribution is 6.31. The Balaban J connectivity index is 2.15. The van der Waals surface area contributed by atoms with Gasteiger partial charge in [-0.15, -0.1) is 0 Å². The molecule has 0 atom stereocenters. The van der Waals surface area contributed by atoms with Crippen LogP contribution in [0.5, 0.6) is 5.75 Å². The van der Waals surface area contributed by atoms with Crippen LogP contribution in [0.15, 0.2) is 18.2 Å². The van der Waals surface area contributed by atoms with Gasteiger partial charge in [0.1, 0.15) is 5.75 Å². The van der Waals surface area contributed by atoms with Gasteiger partial charge in [0.25, 0.3) is 0 Å². The molecule has 1 aromatic rings. The van der Waals surface area contributed by atoms with Gasteiger partial charge in [-0.25, -0.2) is 0 Å². The Bertz CT molecular complexity index is 367. The lowest BCUT2D eigenvalue weighted by atomic mass is 9.66. The maximum atomic E-state index is 9.42. The minimum Gasteiger partial charge on any atom is -0.497 e. The molecule has 0 saturated heterocycles. The van der Waals surface area contributed by atoms with Gasteiger partial charge in [-0.2, -0.15) is 0 Å². The maximum Gasteiger partial charge on any atom is 0.120 e. The van der Waals surface area contributed by atoms with E-state index in [1.54, 1.807) is 7.11 Å². The van der Waals surface area contributed by atoms with E-state index in [2.05, 4.69) is 0 Å². The Labute approximate surface area is 101 Å². The molecule has 1 aromatic carbocycles. The number of hydrogen-bond acceptors (Lipinski definition) is 2. The Hall–Kier alpha value is -0.730. The van der Waals surface area contributed by atoms with E-state index >= 15 is 0 Å². The third kappa shape index (κ3) is 2.18. The summed E-state index contributed by atoms with van der Waals surface area (Å²) >= 11 is 6.19. The second-order valence-electron chi connectivity index (χ2n) is 4.65. The minimum absolute atomic E-state index is 0.0816. The second-order valence-corrected chi connectivity index (χ2v) is 5.05. The van der Waals surface area contributed by atoms with E-state index in [-0.39, 0.29) is 12.0 Å². The fourth-order valence-electron chi connectivity index (χ4n) is 2.27. The molecule has 3 heteroatoms. The number of benzene rings is 1. The summed E-state index contributed by atoms with van der Waals surface area (Å²) in [5.41, 5.74) is 1.19. The second kappa shape index (κ2) is 4.64. The Morgan fingerprint density at radius 2 is 2.19 bits per heavy atom. The fraction of sp³-hybridized carbons (Fsp3) is 0.538. The van der Waals surface area contributed by atoms with Crippen LogP contribution in [0, 0.1) is 5.41 Å². The number of hydrogen-bond donors (Lipinski definition) is 1. The van der Waals surface area contributed by atoms with Gasteiger partial charge in [0.2, 0.25) is 0 Å². The van der Waals surface area contributed by atoms with E-state index in [0.29, 0.717) is 0 Å². The van der Waals surface area contributed by atoms with Crippen LogP contribution in [-0.4, -0.2) is 18.8 Å². The first kappa shape index (κ1) is 11.7. The number of halogens is 1. The van der Waals surface area contributed by atoms with Crippen molar-refractivity contribution in [2.24, 2.45) is 5.41 Å². The van der Waals surface area contributed by atoms with Crippen LogP contribution in [0.3, 0.4) is 0 Å². The summed E-state index contributed by atoms with van der Waals surface area (Å²) in [5.74, 6) is 0.778. The van der Waals surface area contributed by atoms with E-state index in [4.69, 9.17) is 16.3 Å². The zero-order chi connectivity index (χ0) is 11.6.